The maximum absolute atomic E-state index is 14.3. The van der Waals surface area contributed by atoms with Crippen molar-refractivity contribution in [2.45, 2.75) is 31.8 Å². The third-order valence-corrected chi connectivity index (χ3v) is 6.96. The van der Waals surface area contributed by atoms with Crippen molar-refractivity contribution < 1.29 is 13.9 Å². The fourth-order valence-corrected chi connectivity index (χ4v) is 4.84. The van der Waals surface area contributed by atoms with Crippen LogP contribution in [0.2, 0.25) is 5.02 Å². The summed E-state index contributed by atoms with van der Waals surface area (Å²) in [6.45, 7) is 4.67. The number of amides is 1. The summed E-state index contributed by atoms with van der Waals surface area (Å²) in [5.41, 5.74) is 2.79. The minimum atomic E-state index is -0.606. The van der Waals surface area contributed by atoms with Gasteiger partial charge in [-0.2, -0.15) is 0 Å². The van der Waals surface area contributed by atoms with Crippen LogP contribution < -0.4 is 20.9 Å². The highest BCUT2D eigenvalue weighted by Crippen LogP contribution is 2.27. The molecule has 8 nitrogen and oxygen atoms in total. The van der Waals surface area contributed by atoms with Gasteiger partial charge in [-0.15, -0.1) is 0 Å². The third kappa shape index (κ3) is 6.36. The Morgan fingerprint density at radius 1 is 1.19 bits per heavy atom. The van der Waals surface area contributed by atoms with E-state index in [4.69, 9.17) is 16.3 Å². The molecule has 3 heterocycles. The monoisotopic (exact) mass is 524 g/mol. The molecule has 3 aromatic rings. The zero-order valence-corrected chi connectivity index (χ0v) is 21.2. The Hall–Kier alpha value is -3.27. The number of benzene rings is 2. The topological polar surface area (TPSA) is 91.4 Å². The number of piperazine rings is 1. The van der Waals surface area contributed by atoms with Gasteiger partial charge in [0, 0.05) is 50.4 Å². The van der Waals surface area contributed by atoms with Crippen LogP contribution in [0.25, 0.3) is 0 Å². The molecule has 1 unspecified atom stereocenters. The van der Waals surface area contributed by atoms with Crippen molar-refractivity contribution in [2.75, 3.05) is 48.3 Å². The summed E-state index contributed by atoms with van der Waals surface area (Å²) in [6.07, 6.45) is 4.89. The second kappa shape index (κ2) is 11.9. The van der Waals surface area contributed by atoms with Gasteiger partial charge in [0.15, 0.2) is 0 Å². The Bertz CT molecular complexity index is 1210. The average molecular weight is 525 g/mol. The normalized spacial score (nSPS) is 17.6. The molecule has 2 fully saturated rings. The van der Waals surface area contributed by atoms with Crippen LogP contribution in [-0.4, -0.2) is 54.8 Å². The number of aromatic nitrogens is 2. The number of carbonyl (C=O) groups excluding carboxylic acids is 1. The van der Waals surface area contributed by atoms with Gasteiger partial charge in [0.1, 0.15) is 5.82 Å². The zero-order chi connectivity index (χ0) is 25.6. The highest BCUT2D eigenvalue weighted by atomic mass is 35.5. The van der Waals surface area contributed by atoms with Crippen LogP contribution in [-0.2, 0) is 11.2 Å². The molecule has 5 rings (SSSR count). The number of rotatable bonds is 8. The molecule has 2 saturated heterocycles. The molecule has 0 bridgehead atoms. The predicted molar refractivity (Wildman–Crippen MR) is 143 cm³/mol. The van der Waals surface area contributed by atoms with Crippen LogP contribution in [0.15, 0.2) is 48.7 Å². The molecule has 10 heteroatoms. The molecule has 0 spiro atoms. The summed E-state index contributed by atoms with van der Waals surface area (Å²) < 4.78 is 20.0. The zero-order valence-electron chi connectivity index (χ0n) is 20.5. The van der Waals surface area contributed by atoms with Crippen molar-refractivity contribution in [1.29, 1.82) is 0 Å². The summed E-state index contributed by atoms with van der Waals surface area (Å²) in [5.74, 6) is -0.732. The number of nitrogens with zero attached hydrogens (tertiary/aromatic N) is 3. The summed E-state index contributed by atoms with van der Waals surface area (Å²) in [7, 11) is 0. The van der Waals surface area contributed by atoms with Crippen LogP contribution in [0.1, 0.15) is 35.3 Å². The first-order valence-corrected chi connectivity index (χ1v) is 13.0. The van der Waals surface area contributed by atoms with Crippen LogP contribution in [0.5, 0.6) is 0 Å². The van der Waals surface area contributed by atoms with Gasteiger partial charge in [0.2, 0.25) is 5.95 Å². The SMILES string of the molecule is O=C(Nc1c(F)cccc1Cl)c1cnc(Nc2ccc(N3CCNCC3)cc2)nc1CCC1CCCO1. The molecule has 1 amide bonds. The highest BCUT2D eigenvalue weighted by Gasteiger charge is 2.21. The summed E-state index contributed by atoms with van der Waals surface area (Å²) >= 11 is 6.11. The first-order valence-electron chi connectivity index (χ1n) is 12.6. The van der Waals surface area contributed by atoms with E-state index in [1.54, 1.807) is 0 Å². The number of ether oxygens (including phenoxy) is 1. The van der Waals surface area contributed by atoms with E-state index in [9.17, 15) is 9.18 Å². The average Bonchev–Trinajstić information content (AvgIpc) is 3.44. The van der Waals surface area contributed by atoms with E-state index in [2.05, 4.69) is 43.0 Å². The van der Waals surface area contributed by atoms with Crippen LogP contribution in [0.3, 0.4) is 0 Å². The lowest BCUT2D eigenvalue weighted by molar-refractivity contribution is 0.101. The van der Waals surface area contributed by atoms with Crippen molar-refractivity contribution in [3.63, 3.8) is 0 Å². The molecule has 0 radical (unpaired) electrons. The van der Waals surface area contributed by atoms with Gasteiger partial charge >= 0.3 is 0 Å². The second-order valence-electron chi connectivity index (χ2n) is 9.19. The molecule has 3 N–H and O–H groups in total. The smallest absolute Gasteiger partial charge is 0.259 e. The molecule has 37 heavy (non-hydrogen) atoms. The Kier molecular flexibility index (Phi) is 8.13. The Morgan fingerprint density at radius 2 is 2.00 bits per heavy atom. The number of carbonyl (C=O) groups is 1. The number of hydrogen-bond donors (Lipinski definition) is 3. The lowest BCUT2D eigenvalue weighted by Gasteiger charge is -2.29. The molecule has 2 aliphatic heterocycles. The van der Waals surface area contributed by atoms with Gasteiger partial charge < -0.3 is 25.6 Å². The molecule has 0 saturated carbocycles. The number of aryl methyl sites for hydroxylation is 1. The Morgan fingerprint density at radius 3 is 2.73 bits per heavy atom. The standard InChI is InChI=1S/C27H30ClFN6O2/c28-22-4-1-5-23(29)25(22)34-26(36)21-17-31-27(33-24(21)11-10-20-3-2-16-37-20)32-18-6-8-19(9-7-18)35-14-12-30-13-15-35/h1,4-9,17,20,30H,2-3,10-16H2,(H,34,36)(H,31,32,33). The first kappa shape index (κ1) is 25.4. The molecule has 1 aromatic heterocycles. The molecular formula is C27H30ClFN6O2. The predicted octanol–water partition coefficient (Wildman–Crippen LogP) is 4.79. The van der Waals surface area contributed by atoms with E-state index in [1.165, 1.54) is 30.1 Å². The largest absolute Gasteiger partial charge is 0.378 e. The summed E-state index contributed by atoms with van der Waals surface area (Å²) in [4.78, 5) is 24.5. The quantitative estimate of drug-likeness (QED) is 0.390. The van der Waals surface area contributed by atoms with Gasteiger partial charge in [0.05, 0.1) is 28.1 Å². The maximum Gasteiger partial charge on any atom is 0.259 e. The molecule has 1 atom stereocenters. The summed E-state index contributed by atoms with van der Waals surface area (Å²) in [5, 5.41) is 9.31. The third-order valence-electron chi connectivity index (χ3n) is 6.65. The lowest BCUT2D eigenvalue weighted by Crippen LogP contribution is -2.43. The van der Waals surface area contributed by atoms with Gasteiger partial charge in [0.25, 0.3) is 5.91 Å². The van der Waals surface area contributed by atoms with Crippen molar-refractivity contribution in [1.82, 2.24) is 15.3 Å². The van der Waals surface area contributed by atoms with E-state index in [-0.39, 0.29) is 22.4 Å². The number of hydrogen-bond acceptors (Lipinski definition) is 7. The van der Waals surface area contributed by atoms with Gasteiger partial charge in [-0.05, 0) is 62.1 Å². The van der Waals surface area contributed by atoms with Crippen LogP contribution in [0, 0.1) is 5.82 Å². The van der Waals surface area contributed by atoms with Crippen LogP contribution >= 0.6 is 11.6 Å². The van der Waals surface area contributed by atoms with Crippen molar-refractivity contribution in [3.05, 3.63) is 70.8 Å². The molecule has 0 aliphatic carbocycles. The van der Waals surface area contributed by atoms with Gasteiger partial charge in [-0.1, -0.05) is 17.7 Å². The van der Waals surface area contributed by atoms with E-state index in [0.29, 0.717) is 18.1 Å². The van der Waals surface area contributed by atoms with Gasteiger partial charge in [-0.25, -0.2) is 14.4 Å². The van der Waals surface area contributed by atoms with E-state index in [0.717, 1.165) is 57.7 Å². The second-order valence-corrected chi connectivity index (χ2v) is 9.59. The van der Waals surface area contributed by atoms with E-state index < -0.39 is 11.7 Å². The molecular weight excluding hydrogens is 495 g/mol. The van der Waals surface area contributed by atoms with Gasteiger partial charge in [-0.3, -0.25) is 4.79 Å². The first-order chi connectivity index (χ1) is 18.1. The fourth-order valence-electron chi connectivity index (χ4n) is 4.63. The maximum atomic E-state index is 14.3. The van der Waals surface area contributed by atoms with Crippen molar-refractivity contribution in [2.24, 2.45) is 0 Å². The van der Waals surface area contributed by atoms with Crippen molar-refractivity contribution in [3.8, 4) is 0 Å². The number of para-hydroxylation sites is 1. The van der Waals surface area contributed by atoms with E-state index in [1.807, 2.05) is 12.1 Å². The summed E-state index contributed by atoms with van der Waals surface area (Å²) in [6, 6.07) is 12.4. The molecule has 2 aromatic carbocycles. The fraction of sp³-hybridized carbons (Fsp3) is 0.370. The highest BCUT2D eigenvalue weighted by molar-refractivity contribution is 6.34. The Balaban J connectivity index is 1.34. The van der Waals surface area contributed by atoms with Crippen LogP contribution in [0.4, 0.5) is 27.4 Å². The molecule has 2 aliphatic rings. The lowest BCUT2D eigenvalue weighted by atomic mass is 10.1. The number of halogens is 2. The molecule has 194 valence electrons. The number of anilines is 4. The minimum absolute atomic E-state index is 0.0639. The van der Waals surface area contributed by atoms with Crippen molar-refractivity contribution >= 4 is 40.5 Å². The number of nitrogens with one attached hydrogen (secondary N) is 3. The Labute approximate surface area is 220 Å². The minimum Gasteiger partial charge on any atom is -0.378 e. The van der Waals surface area contributed by atoms with E-state index >= 15 is 0 Å².